The standard InChI is InChI=1S/C25H17NS/c1-26-22-13-6-5-10-18(22)20-14-21-19-12-7-11-17(16-8-3-2-4-9-16)25(19)27-24(21)15-23(20)26/h2-15H,1H3. The van der Waals surface area contributed by atoms with Crippen LogP contribution in [0.3, 0.4) is 0 Å². The molecule has 2 heterocycles. The Morgan fingerprint density at radius 1 is 0.630 bits per heavy atom. The zero-order valence-corrected chi connectivity index (χ0v) is 15.8. The summed E-state index contributed by atoms with van der Waals surface area (Å²) >= 11 is 1.90. The van der Waals surface area contributed by atoms with Gasteiger partial charge >= 0.3 is 0 Å². The third kappa shape index (κ3) is 2.05. The van der Waals surface area contributed by atoms with Crippen molar-refractivity contribution < 1.29 is 0 Å². The van der Waals surface area contributed by atoms with Crippen molar-refractivity contribution >= 4 is 53.3 Å². The Kier molecular flexibility index (Phi) is 3.03. The normalized spacial score (nSPS) is 11.9. The Labute approximate surface area is 161 Å². The predicted octanol–water partition coefficient (Wildman–Crippen LogP) is 7.37. The van der Waals surface area contributed by atoms with E-state index in [0.29, 0.717) is 0 Å². The van der Waals surface area contributed by atoms with Crippen molar-refractivity contribution in [2.45, 2.75) is 0 Å². The van der Waals surface area contributed by atoms with Crippen LogP contribution in [0.15, 0.2) is 84.9 Å². The summed E-state index contributed by atoms with van der Waals surface area (Å²) in [5.74, 6) is 0. The molecule has 0 radical (unpaired) electrons. The van der Waals surface area contributed by atoms with Crippen LogP contribution in [0.1, 0.15) is 0 Å². The smallest absolute Gasteiger partial charge is 0.0503 e. The monoisotopic (exact) mass is 363 g/mol. The van der Waals surface area contributed by atoms with Gasteiger partial charge in [0, 0.05) is 43.5 Å². The first-order valence-electron chi connectivity index (χ1n) is 9.19. The minimum Gasteiger partial charge on any atom is -0.344 e. The third-order valence-corrected chi connectivity index (χ3v) is 6.82. The molecule has 0 bridgehead atoms. The number of aryl methyl sites for hydroxylation is 1. The minimum absolute atomic E-state index is 1.28. The van der Waals surface area contributed by atoms with Gasteiger partial charge in [0.1, 0.15) is 0 Å². The summed E-state index contributed by atoms with van der Waals surface area (Å²) in [7, 11) is 2.17. The van der Waals surface area contributed by atoms with Gasteiger partial charge in [0.2, 0.25) is 0 Å². The number of fused-ring (bicyclic) bond motifs is 6. The number of rotatable bonds is 1. The highest BCUT2D eigenvalue weighted by atomic mass is 32.1. The summed E-state index contributed by atoms with van der Waals surface area (Å²) < 4.78 is 5.04. The maximum Gasteiger partial charge on any atom is 0.0503 e. The average Bonchev–Trinajstić information content (AvgIpc) is 3.23. The van der Waals surface area contributed by atoms with E-state index in [9.17, 15) is 0 Å². The van der Waals surface area contributed by atoms with Gasteiger partial charge in [0.15, 0.2) is 0 Å². The van der Waals surface area contributed by atoms with Gasteiger partial charge in [0.25, 0.3) is 0 Å². The van der Waals surface area contributed by atoms with E-state index in [4.69, 9.17) is 0 Å². The molecule has 128 valence electrons. The molecule has 0 spiro atoms. The summed E-state index contributed by atoms with van der Waals surface area (Å²) in [4.78, 5) is 0. The van der Waals surface area contributed by atoms with Gasteiger partial charge < -0.3 is 4.57 Å². The van der Waals surface area contributed by atoms with Crippen LogP contribution in [0.25, 0.3) is 53.1 Å². The Hall–Kier alpha value is -3.10. The summed E-state index contributed by atoms with van der Waals surface area (Å²) in [6.45, 7) is 0. The lowest BCUT2D eigenvalue weighted by atomic mass is 10.0. The number of hydrogen-bond acceptors (Lipinski definition) is 1. The maximum atomic E-state index is 2.39. The second-order valence-corrected chi connectivity index (χ2v) is 8.14. The van der Waals surface area contributed by atoms with E-state index >= 15 is 0 Å². The first-order chi connectivity index (χ1) is 13.3. The Morgan fingerprint density at radius 2 is 1.41 bits per heavy atom. The maximum absolute atomic E-state index is 2.39. The highest BCUT2D eigenvalue weighted by molar-refractivity contribution is 7.26. The van der Waals surface area contributed by atoms with E-state index in [-0.39, 0.29) is 0 Å². The van der Waals surface area contributed by atoms with Crippen LogP contribution < -0.4 is 0 Å². The number of para-hydroxylation sites is 1. The lowest BCUT2D eigenvalue weighted by Crippen LogP contribution is -1.85. The van der Waals surface area contributed by atoms with Crippen molar-refractivity contribution in [2.24, 2.45) is 7.05 Å². The third-order valence-electron chi connectivity index (χ3n) is 5.62. The molecule has 0 saturated carbocycles. The second-order valence-electron chi connectivity index (χ2n) is 7.09. The quantitative estimate of drug-likeness (QED) is 0.287. The van der Waals surface area contributed by atoms with Crippen LogP contribution in [0.4, 0.5) is 0 Å². The average molecular weight is 363 g/mol. The van der Waals surface area contributed by atoms with E-state index in [1.165, 1.54) is 53.1 Å². The predicted molar refractivity (Wildman–Crippen MR) is 119 cm³/mol. The first-order valence-corrected chi connectivity index (χ1v) is 10.0. The molecule has 2 aromatic heterocycles. The number of nitrogens with zero attached hydrogens (tertiary/aromatic N) is 1. The molecular weight excluding hydrogens is 346 g/mol. The fraction of sp³-hybridized carbons (Fsp3) is 0.0400. The molecule has 0 aliphatic heterocycles. The zero-order valence-electron chi connectivity index (χ0n) is 14.9. The number of aromatic nitrogens is 1. The number of hydrogen-bond donors (Lipinski definition) is 0. The first kappa shape index (κ1) is 15.0. The lowest BCUT2D eigenvalue weighted by Gasteiger charge is -2.02. The van der Waals surface area contributed by atoms with Crippen molar-refractivity contribution in [3.8, 4) is 11.1 Å². The fourth-order valence-electron chi connectivity index (χ4n) is 4.29. The van der Waals surface area contributed by atoms with E-state index in [1.807, 2.05) is 11.3 Å². The van der Waals surface area contributed by atoms with Gasteiger partial charge in [0.05, 0.1) is 5.52 Å². The summed E-state index contributed by atoms with van der Waals surface area (Å²) in [6.07, 6.45) is 0. The molecule has 0 atom stereocenters. The van der Waals surface area contributed by atoms with Crippen LogP contribution in [-0.2, 0) is 7.05 Å². The largest absolute Gasteiger partial charge is 0.344 e. The Balaban J connectivity index is 1.76. The molecular formula is C25H17NS. The lowest BCUT2D eigenvalue weighted by molar-refractivity contribution is 1.02. The Morgan fingerprint density at radius 3 is 2.30 bits per heavy atom. The highest BCUT2D eigenvalue weighted by Crippen LogP contribution is 2.42. The molecule has 0 unspecified atom stereocenters. The van der Waals surface area contributed by atoms with Gasteiger partial charge in [-0.2, -0.15) is 0 Å². The molecule has 0 saturated heterocycles. The van der Waals surface area contributed by atoms with Crippen molar-refractivity contribution in [3.63, 3.8) is 0 Å². The molecule has 2 heteroatoms. The van der Waals surface area contributed by atoms with Gasteiger partial charge in [-0.05, 0) is 29.3 Å². The summed E-state index contributed by atoms with van der Waals surface area (Å²) in [6, 6.07) is 30.8. The van der Waals surface area contributed by atoms with Crippen LogP contribution in [0, 0.1) is 0 Å². The molecule has 6 aromatic rings. The molecule has 1 nitrogen and oxygen atoms in total. The zero-order chi connectivity index (χ0) is 18.0. The van der Waals surface area contributed by atoms with E-state index in [2.05, 4.69) is 96.5 Å². The molecule has 0 aliphatic carbocycles. The SMILES string of the molecule is Cn1c2ccccc2c2cc3c(cc21)sc1c(-c2ccccc2)cccc13. The Bertz CT molecular complexity index is 1470. The van der Waals surface area contributed by atoms with E-state index in [0.717, 1.165) is 0 Å². The van der Waals surface area contributed by atoms with Crippen molar-refractivity contribution in [1.29, 1.82) is 0 Å². The fourth-order valence-corrected chi connectivity index (χ4v) is 5.55. The number of benzene rings is 4. The summed E-state index contributed by atoms with van der Waals surface area (Å²) in [5, 5.41) is 5.38. The van der Waals surface area contributed by atoms with Crippen LogP contribution in [-0.4, -0.2) is 4.57 Å². The number of thiophene rings is 1. The van der Waals surface area contributed by atoms with Crippen molar-refractivity contribution in [3.05, 3.63) is 84.9 Å². The van der Waals surface area contributed by atoms with Crippen molar-refractivity contribution in [2.75, 3.05) is 0 Å². The minimum atomic E-state index is 1.28. The highest BCUT2D eigenvalue weighted by Gasteiger charge is 2.14. The van der Waals surface area contributed by atoms with Gasteiger partial charge in [-0.3, -0.25) is 0 Å². The van der Waals surface area contributed by atoms with Crippen molar-refractivity contribution in [1.82, 2.24) is 4.57 Å². The molecule has 0 amide bonds. The molecule has 0 aliphatic rings. The summed E-state index contributed by atoms with van der Waals surface area (Å²) in [5.41, 5.74) is 5.20. The van der Waals surface area contributed by atoms with Gasteiger partial charge in [-0.1, -0.05) is 66.7 Å². The molecule has 27 heavy (non-hydrogen) atoms. The van der Waals surface area contributed by atoms with Crippen LogP contribution in [0.5, 0.6) is 0 Å². The van der Waals surface area contributed by atoms with Crippen LogP contribution >= 0.6 is 11.3 Å². The molecule has 4 aromatic carbocycles. The molecule has 0 N–H and O–H groups in total. The van der Waals surface area contributed by atoms with Crippen LogP contribution in [0.2, 0.25) is 0 Å². The van der Waals surface area contributed by atoms with E-state index < -0.39 is 0 Å². The van der Waals surface area contributed by atoms with Gasteiger partial charge in [-0.25, -0.2) is 0 Å². The topological polar surface area (TPSA) is 4.93 Å². The molecule has 6 rings (SSSR count). The van der Waals surface area contributed by atoms with E-state index in [1.54, 1.807) is 0 Å². The second kappa shape index (κ2) is 5.45. The molecule has 0 fully saturated rings. The van der Waals surface area contributed by atoms with Gasteiger partial charge in [-0.15, -0.1) is 11.3 Å².